The van der Waals surface area contributed by atoms with Crippen LogP contribution in [0.3, 0.4) is 0 Å². The number of halogens is 1. The van der Waals surface area contributed by atoms with Crippen molar-refractivity contribution in [2.45, 2.75) is 36.8 Å². The summed E-state index contributed by atoms with van der Waals surface area (Å²) >= 11 is 2.42. The lowest BCUT2D eigenvalue weighted by atomic mass is 10.1. The highest BCUT2D eigenvalue weighted by Crippen LogP contribution is 2.31. The molecule has 0 radical (unpaired) electrons. The van der Waals surface area contributed by atoms with Gasteiger partial charge < -0.3 is 15.0 Å². The van der Waals surface area contributed by atoms with E-state index in [0.717, 1.165) is 24.4 Å². The lowest BCUT2D eigenvalue weighted by molar-refractivity contribution is -0.122. The van der Waals surface area contributed by atoms with Crippen LogP contribution < -0.4 is 15.0 Å². The summed E-state index contributed by atoms with van der Waals surface area (Å²) in [6, 6.07) is 8.30. The number of nitrogens with one attached hydrogen (secondary N) is 1. The molecule has 1 heterocycles. The molecular formula is C16H23IN2O2. The second kappa shape index (κ2) is 7.33. The van der Waals surface area contributed by atoms with Gasteiger partial charge in [-0.2, -0.15) is 0 Å². The monoisotopic (exact) mass is 402 g/mol. The van der Waals surface area contributed by atoms with Gasteiger partial charge in [-0.15, -0.1) is 0 Å². The van der Waals surface area contributed by atoms with Crippen molar-refractivity contribution < 1.29 is 9.53 Å². The van der Waals surface area contributed by atoms with Gasteiger partial charge in [-0.1, -0.05) is 42.5 Å². The second-order valence-electron chi connectivity index (χ2n) is 5.83. The van der Waals surface area contributed by atoms with Crippen molar-refractivity contribution >= 4 is 34.2 Å². The Bertz CT molecular complexity index is 493. The molecule has 2 rings (SSSR count). The summed E-state index contributed by atoms with van der Waals surface area (Å²) in [4.78, 5) is 14.3. The molecule has 0 aromatic heterocycles. The van der Waals surface area contributed by atoms with Gasteiger partial charge in [-0.05, 0) is 24.5 Å². The zero-order valence-electron chi connectivity index (χ0n) is 12.8. The highest BCUT2D eigenvalue weighted by atomic mass is 127. The van der Waals surface area contributed by atoms with Crippen LogP contribution in [0.5, 0.6) is 5.75 Å². The van der Waals surface area contributed by atoms with Gasteiger partial charge in [0.15, 0.2) is 0 Å². The van der Waals surface area contributed by atoms with E-state index in [1.54, 1.807) is 7.11 Å². The molecule has 1 aromatic carbocycles. The summed E-state index contributed by atoms with van der Waals surface area (Å²) in [5, 5.41) is 3.17. The van der Waals surface area contributed by atoms with Gasteiger partial charge in [-0.25, -0.2) is 0 Å². The molecule has 1 fully saturated rings. The molecule has 5 heteroatoms. The number of anilines is 1. The van der Waals surface area contributed by atoms with Crippen LogP contribution in [0.25, 0.3) is 0 Å². The van der Waals surface area contributed by atoms with Crippen LogP contribution in [0.1, 0.15) is 26.7 Å². The summed E-state index contributed by atoms with van der Waals surface area (Å²) < 4.78 is 5.56. The lowest BCUT2D eigenvalue weighted by Crippen LogP contribution is -2.42. The van der Waals surface area contributed by atoms with Crippen LogP contribution in [-0.4, -0.2) is 29.7 Å². The van der Waals surface area contributed by atoms with E-state index >= 15 is 0 Å². The molecule has 116 valence electrons. The Labute approximate surface area is 140 Å². The zero-order chi connectivity index (χ0) is 15.4. The van der Waals surface area contributed by atoms with E-state index in [0.29, 0.717) is 12.3 Å². The van der Waals surface area contributed by atoms with Crippen LogP contribution in [0.4, 0.5) is 5.69 Å². The Hall–Kier alpha value is -0.980. The third-order valence-electron chi connectivity index (χ3n) is 3.64. The van der Waals surface area contributed by atoms with E-state index in [1.807, 2.05) is 18.2 Å². The molecule has 0 aliphatic carbocycles. The Morgan fingerprint density at radius 1 is 1.52 bits per heavy atom. The third-order valence-corrected chi connectivity index (χ3v) is 5.18. The topological polar surface area (TPSA) is 41.6 Å². The number of methoxy groups -OCH3 is 1. The minimum absolute atomic E-state index is 0.157. The quantitative estimate of drug-likeness (QED) is 0.467. The highest BCUT2D eigenvalue weighted by Gasteiger charge is 2.33. The number of alkyl halides is 1. The van der Waals surface area contributed by atoms with Crippen LogP contribution in [0, 0.1) is 5.92 Å². The Morgan fingerprint density at radius 3 is 2.95 bits per heavy atom. The molecule has 1 aromatic rings. The maximum atomic E-state index is 11.9. The van der Waals surface area contributed by atoms with E-state index in [2.05, 4.69) is 52.7 Å². The third kappa shape index (κ3) is 4.25. The maximum Gasteiger partial charge on any atom is 0.220 e. The minimum atomic E-state index is 0.157. The molecule has 1 saturated heterocycles. The number of amides is 1. The van der Waals surface area contributed by atoms with Crippen LogP contribution in [0.2, 0.25) is 0 Å². The average molecular weight is 402 g/mol. The molecule has 1 aliphatic heterocycles. The van der Waals surface area contributed by atoms with Crippen molar-refractivity contribution in [2.75, 3.05) is 18.6 Å². The molecule has 1 N–H and O–H groups in total. The number of hydrogen-bond acceptors (Lipinski definition) is 3. The normalized spacial score (nSPS) is 21.7. The van der Waals surface area contributed by atoms with Crippen LogP contribution in [-0.2, 0) is 4.79 Å². The Morgan fingerprint density at radius 2 is 2.29 bits per heavy atom. The van der Waals surface area contributed by atoms with E-state index in [1.165, 1.54) is 0 Å². The number of carbonyl (C=O) groups excluding carboxylic acids is 1. The first-order valence-corrected chi connectivity index (χ1v) is 8.60. The number of benzene rings is 1. The van der Waals surface area contributed by atoms with E-state index in [9.17, 15) is 4.79 Å². The second-order valence-corrected chi connectivity index (χ2v) is 7.10. The smallest absolute Gasteiger partial charge is 0.220 e. The highest BCUT2D eigenvalue weighted by molar-refractivity contribution is 14.1. The standard InChI is InChI=1S/C16H23IN2O2/c1-11(2)9-15(20)18-14-7-8-19(16(14)17)12-5-4-6-13(10-12)21-3/h4-6,10-11,14,16H,7-9H2,1-3H3,(H,18,20). The van der Waals surface area contributed by atoms with Gasteiger partial charge >= 0.3 is 0 Å². The molecule has 0 bridgehead atoms. The zero-order valence-corrected chi connectivity index (χ0v) is 15.0. The van der Waals surface area contributed by atoms with Crippen molar-refractivity contribution in [3.8, 4) is 5.75 Å². The van der Waals surface area contributed by atoms with E-state index in [-0.39, 0.29) is 16.0 Å². The van der Waals surface area contributed by atoms with Crippen molar-refractivity contribution in [1.29, 1.82) is 0 Å². The van der Waals surface area contributed by atoms with Crippen molar-refractivity contribution in [3.63, 3.8) is 0 Å². The lowest BCUT2D eigenvalue weighted by Gasteiger charge is -2.26. The fourth-order valence-corrected chi connectivity index (χ4v) is 3.73. The number of rotatable bonds is 5. The summed E-state index contributed by atoms with van der Waals surface area (Å²) in [6.07, 6.45) is 1.58. The number of ether oxygens (including phenoxy) is 1. The van der Waals surface area contributed by atoms with Crippen molar-refractivity contribution in [3.05, 3.63) is 24.3 Å². The van der Waals surface area contributed by atoms with Gasteiger partial charge in [-0.3, -0.25) is 4.79 Å². The van der Waals surface area contributed by atoms with Gasteiger partial charge in [0, 0.05) is 24.7 Å². The van der Waals surface area contributed by atoms with Gasteiger partial charge in [0.05, 0.1) is 13.2 Å². The molecule has 0 saturated carbocycles. The summed E-state index contributed by atoms with van der Waals surface area (Å²) in [6.45, 7) is 5.09. The first kappa shape index (κ1) is 16.4. The van der Waals surface area contributed by atoms with Gasteiger partial charge in [0.1, 0.15) is 9.80 Å². The van der Waals surface area contributed by atoms with Crippen LogP contribution in [0.15, 0.2) is 24.3 Å². The van der Waals surface area contributed by atoms with Crippen LogP contribution >= 0.6 is 22.6 Å². The molecular weight excluding hydrogens is 379 g/mol. The molecule has 2 unspecified atom stereocenters. The predicted octanol–water partition coefficient (Wildman–Crippen LogP) is 3.20. The molecule has 1 aliphatic rings. The summed E-state index contributed by atoms with van der Waals surface area (Å²) in [5.41, 5.74) is 1.15. The Kier molecular flexibility index (Phi) is 5.72. The van der Waals surface area contributed by atoms with Crippen molar-refractivity contribution in [2.24, 2.45) is 5.92 Å². The summed E-state index contributed by atoms with van der Waals surface area (Å²) in [5.74, 6) is 1.42. The first-order chi connectivity index (χ1) is 10.0. The minimum Gasteiger partial charge on any atom is -0.497 e. The van der Waals surface area contributed by atoms with E-state index in [4.69, 9.17) is 4.74 Å². The molecule has 2 atom stereocenters. The van der Waals surface area contributed by atoms with E-state index < -0.39 is 0 Å². The average Bonchev–Trinajstić information content (AvgIpc) is 2.79. The SMILES string of the molecule is COc1cccc(N2CCC(NC(=O)CC(C)C)C2I)c1. The van der Waals surface area contributed by atoms with Crippen molar-refractivity contribution in [1.82, 2.24) is 5.32 Å². The number of carbonyl (C=O) groups is 1. The number of nitrogens with zero attached hydrogens (tertiary/aromatic N) is 1. The van der Waals surface area contributed by atoms with Gasteiger partial charge in [0.2, 0.25) is 5.91 Å². The largest absolute Gasteiger partial charge is 0.497 e. The Balaban J connectivity index is 2.00. The molecule has 21 heavy (non-hydrogen) atoms. The molecule has 4 nitrogen and oxygen atoms in total. The molecule has 1 amide bonds. The summed E-state index contributed by atoms with van der Waals surface area (Å²) in [7, 11) is 1.68. The first-order valence-electron chi connectivity index (χ1n) is 7.35. The van der Waals surface area contributed by atoms with Gasteiger partial charge in [0.25, 0.3) is 0 Å². The predicted molar refractivity (Wildman–Crippen MR) is 94.2 cm³/mol. The fourth-order valence-electron chi connectivity index (χ4n) is 2.59. The molecule has 0 spiro atoms. The maximum absolute atomic E-state index is 11.9. The number of hydrogen-bond donors (Lipinski definition) is 1. The fraction of sp³-hybridized carbons (Fsp3) is 0.562.